The Balaban J connectivity index is 1.68. The molecule has 22 heavy (non-hydrogen) atoms. The topological polar surface area (TPSA) is 26.3 Å². The predicted octanol–water partition coefficient (Wildman–Crippen LogP) is 5.40. The predicted molar refractivity (Wildman–Crippen MR) is 90.2 cm³/mol. The van der Waals surface area contributed by atoms with E-state index >= 15 is 0 Å². The van der Waals surface area contributed by atoms with Crippen molar-refractivity contribution < 1.29 is 9.53 Å². The van der Waals surface area contributed by atoms with Gasteiger partial charge in [-0.2, -0.15) is 0 Å². The van der Waals surface area contributed by atoms with E-state index in [0.29, 0.717) is 5.92 Å². The van der Waals surface area contributed by atoms with Crippen molar-refractivity contribution in [2.24, 2.45) is 5.92 Å². The van der Waals surface area contributed by atoms with Gasteiger partial charge in [0.2, 0.25) is 0 Å². The number of hydrogen-bond donors (Lipinski definition) is 0. The number of fused-ring (bicyclic) bond motifs is 3. The van der Waals surface area contributed by atoms with Crippen molar-refractivity contribution in [3.8, 4) is 0 Å². The van der Waals surface area contributed by atoms with Crippen LogP contribution < -0.4 is 0 Å². The standard InChI is InChI=1S/C19H20O2S/c20-18-17-15-10-6-5-7-13(15)11-12-16(17)22-19(21-18)14-8-3-1-2-4-9-14/h5-7,10-12,14,19H,1-4,8-9H2. The summed E-state index contributed by atoms with van der Waals surface area (Å²) < 4.78 is 5.84. The Morgan fingerprint density at radius 3 is 2.55 bits per heavy atom. The number of ether oxygens (including phenoxy) is 1. The van der Waals surface area contributed by atoms with E-state index < -0.39 is 0 Å². The molecule has 1 atom stereocenters. The maximum Gasteiger partial charge on any atom is 0.341 e. The van der Waals surface area contributed by atoms with Crippen LogP contribution in [0.3, 0.4) is 0 Å². The zero-order chi connectivity index (χ0) is 14.9. The van der Waals surface area contributed by atoms with Crippen molar-refractivity contribution in [3.05, 3.63) is 42.0 Å². The Morgan fingerprint density at radius 1 is 0.955 bits per heavy atom. The molecule has 4 rings (SSSR count). The SMILES string of the molecule is O=C1OC(C2CCCCCC2)Sc2ccc3ccccc3c21. The van der Waals surface area contributed by atoms with Crippen LogP contribution in [0.25, 0.3) is 10.8 Å². The summed E-state index contributed by atoms with van der Waals surface area (Å²) in [5.41, 5.74) is 0.757. The summed E-state index contributed by atoms with van der Waals surface area (Å²) in [6.07, 6.45) is 7.56. The number of carbonyl (C=O) groups is 1. The molecule has 3 heteroatoms. The molecule has 2 nitrogen and oxygen atoms in total. The number of benzene rings is 2. The average Bonchev–Trinajstić information content (AvgIpc) is 2.83. The first kappa shape index (κ1) is 14.1. The highest BCUT2D eigenvalue weighted by atomic mass is 32.2. The van der Waals surface area contributed by atoms with Crippen LogP contribution in [0.4, 0.5) is 0 Å². The van der Waals surface area contributed by atoms with E-state index in [-0.39, 0.29) is 11.4 Å². The highest BCUT2D eigenvalue weighted by molar-refractivity contribution is 8.00. The lowest BCUT2D eigenvalue weighted by molar-refractivity contribution is 0.0336. The molecule has 0 saturated heterocycles. The molecule has 0 bridgehead atoms. The lowest BCUT2D eigenvalue weighted by Crippen LogP contribution is -2.28. The van der Waals surface area contributed by atoms with Gasteiger partial charge in [-0.1, -0.05) is 67.8 Å². The highest BCUT2D eigenvalue weighted by Crippen LogP contribution is 2.43. The molecule has 1 fully saturated rings. The van der Waals surface area contributed by atoms with E-state index in [9.17, 15) is 4.79 Å². The maximum atomic E-state index is 12.6. The Kier molecular flexibility index (Phi) is 3.83. The summed E-state index contributed by atoms with van der Waals surface area (Å²) in [5, 5.41) is 2.11. The third-order valence-corrected chi connectivity index (χ3v) is 6.15. The monoisotopic (exact) mass is 312 g/mol. The second-order valence-corrected chi connectivity index (χ2v) is 7.44. The van der Waals surface area contributed by atoms with Gasteiger partial charge in [-0.05, 0) is 29.7 Å². The fraction of sp³-hybridized carbons (Fsp3) is 0.421. The third kappa shape index (κ3) is 2.52. The minimum Gasteiger partial charge on any atom is -0.447 e. The van der Waals surface area contributed by atoms with Crippen molar-refractivity contribution in [1.82, 2.24) is 0 Å². The van der Waals surface area contributed by atoms with Gasteiger partial charge < -0.3 is 4.74 Å². The second-order valence-electron chi connectivity index (χ2n) is 6.30. The molecular weight excluding hydrogens is 292 g/mol. The van der Waals surface area contributed by atoms with Gasteiger partial charge >= 0.3 is 5.97 Å². The van der Waals surface area contributed by atoms with Crippen LogP contribution in [0.2, 0.25) is 0 Å². The molecule has 0 amide bonds. The van der Waals surface area contributed by atoms with Gasteiger partial charge in [0.15, 0.2) is 5.44 Å². The second kappa shape index (κ2) is 5.96. The Hall–Kier alpha value is -1.48. The van der Waals surface area contributed by atoms with Crippen molar-refractivity contribution in [3.63, 3.8) is 0 Å². The zero-order valence-electron chi connectivity index (χ0n) is 12.6. The molecule has 2 aromatic rings. The minimum atomic E-state index is -0.139. The summed E-state index contributed by atoms with van der Waals surface area (Å²) >= 11 is 1.75. The minimum absolute atomic E-state index is 0.000683. The summed E-state index contributed by atoms with van der Waals surface area (Å²) in [7, 11) is 0. The molecule has 2 aromatic carbocycles. The van der Waals surface area contributed by atoms with Gasteiger partial charge in [0.1, 0.15) is 0 Å². The average molecular weight is 312 g/mol. The first-order chi connectivity index (χ1) is 10.8. The third-order valence-electron chi connectivity index (χ3n) is 4.85. The number of cyclic esters (lactones) is 1. The van der Waals surface area contributed by atoms with Gasteiger partial charge in [0.05, 0.1) is 5.56 Å². The molecular formula is C19H20O2S. The lowest BCUT2D eigenvalue weighted by Gasteiger charge is -2.30. The van der Waals surface area contributed by atoms with Gasteiger partial charge in [-0.3, -0.25) is 0 Å². The quantitative estimate of drug-likeness (QED) is 0.521. The lowest BCUT2D eigenvalue weighted by atomic mass is 10.0. The molecule has 114 valence electrons. The van der Waals surface area contributed by atoms with Gasteiger partial charge in [0.25, 0.3) is 0 Å². The van der Waals surface area contributed by atoms with Gasteiger partial charge in [0, 0.05) is 10.8 Å². The number of hydrogen-bond acceptors (Lipinski definition) is 3. The molecule has 0 spiro atoms. The molecule has 1 aliphatic heterocycles. The fourth-order valence-corrected chi connectivity index (χ4v) is 4.96. The molecule has 0 N–H and O–H groups in total. The summed E-state index contributed by atoms with van der Waals surface area (Å²) in [6, 6.07) is 12.3. The van der Waals surface area contributed by atoms with Gasteiger partial charge in [-0.25, -0.2) is 4.79 Å². The Bertz CT molecular complexity index is 702. The smallest absolute Gasteiger partial charge is 0.341 e. The van der Waals surface area contributed by atoms with Crippen LogP contribution in [0.5, 0.6) is 0 Å². The Labute approximate surface area is 135 Å². The van der Waals surface area contributed by atoms with Crippen LogP contribution in [0.15, 0.2) is 41.3 Å². The maximum absolute atomic E-state index is 12.6. The number of esters is 1. The molecule has 1 unspecified atom stereocenters. The van der Waals surface area contributed by atoms with E-state index in [4.69, 9.17) is 4.74 Å². The van der Waals surface area contributed by atoms with E-state index in [2.05, 4.69) is 12.1 Å². The first-order valence-corrected chi connectivity index (χ1v) is 9.10. The molecule has 2 aliphatic rings. The molecule has 0 aromatic heterocycles. The molecule has 1 saturated carbocycles. The normalized spacial score (nSPS) is 22.9. The Morgan fingerprint density at radius 2 is 1.73 bits per heavy atom. The van der Waals surface area contributed by atoms with E-state index in [1.54, 1.807) is 11.8 Å². The van der Waals surface area contributed by atoms with E-state index in [1.165, 1.54) is 38.5 Å². The molecule has 1 aliphatic carbocycles. The zero-order valence-corrected chi connectivity index (χ0v) is 13.4. The number of carbonyl (C=O) groups excluding carboxylic acids is 1. The highest BCUT2D eigenvalue weighted by Gasteiger charge is 2.34. The summed E-state index contributed by atoms with van der Waals surface area (Å²) in [4.78, 5) is 13.7. The van der Waals surface area contributed by atoms with Gasteiger partial charge in [-0.15, -0.1) is 0 Å². The van der Waals surface area contributed by atoms with Crippen LogP contribution >= 0.6 is 11.8 Å². The van der Waals surface area contributed by atoms with Crippen LogP contribution in [-0.4, -0.2) is 11.4 Å². The van der Waals surface area contributed by atoms with Crippen LogP contribution in [-0.2, 0) is 4.74 Å². The molecule has 0 radical (unpaired) electrons. The molecule has 1 heterocycles. The first-order valence-electron chi connectivity index (χ1n) is 8.22. The van der Waals surface area contributed by atoms with Crippen molar-refractivity contribution in [1.29, 1.82) is 0 Å². The van der Waals surface area contributed by atoms with Crippen molar-refractivity contribution in [2.75, 3.05) is 0 Å². The summed E-state index contributed by atoms with van der Waals surface area (Å²) in [6.45, 7) is 0. The number of thioether (sulfide) groups is 1. The van der Waals surface area contributed by atoms with E-state index in [1.807, 2.05) is 24.3 Å². The van der Waals surface area contributed by atoms with Crippen molar-refractivity contribution in [2.45, 2.75) is 48.9 Å². The number of rotatable bonds is 1. The van der Waals surface area contributed by atoms with E-state index in [0.717, 1.165) is 21.2 Å². The largest absolute Gasteiger partial charge is 0.447 e. The van der Waals surface area contributed by atoms with Crippen LogP contribution in [0.1, 0.15) is 48.9 Å². The van der Waals surface area contributed by atoms with Crippen LogP contribution in [0, 0.1) is 5.92 Å². The van der Waals surface area contributed by atoms with Crippen molar-refractivity contribution >= 4 is 28.5 Å². The fourth-order valence-electron chi connectivity index (χ4n) is 3.65. The summed E-state index contributed by atoms with van der Waals surface area (Å²) in [5.74, 6) is 0.371.